The molecular weight excluding hydrogens is 680 g/mol. The lowest BCUT2D eigenvalue weighted by atomic mass is 9.74. The maximum Gasteiger partial charge on any atom is 0.319 e. The van der Waals surface area contributed by atoms with Crippen molar-refractivity contribution in [2.75, 3.05) is 44.4 Å². The molecule has 1 saturated carbocycles. The molecule has 0 amide bonds. The van der Waals surface area contributed by atoms with Gasteiger partial charge in [-0.3, -0.25) is 9.88 Å². The Morgan fingerprint density at radius 1 is 1.06 bits per heavy atom. The average molecular weight is 732 g/mol. The summed E-state index contributed by atoms with van der Waals surface area (Å²) in [6.45, 7) is 10.5. The number of rotatable bonds is 7. The number of ether oxygens (including phenoxy) is 3. The quantitative estimate of drug-likeness (QED) is 0.207. The van der Waals surface area contributed by atoms with E-state index >= 15 is 8.78 Å². The number of halogens is 2. The lowest BCUT2D eigenvalue weighted by Gasteiger charge is -2.51. The van der Waals surface area contributed by atoms with Crippen LogP contribution in [0.1, 0.15) is 78.2 Å². The molecule has 4 aromatic rings. The van der Waals surface area contributed by atoms with Gasteiger partial charge in [-0.15, -0.1) is 0 Å². The van der Waals surface area contributed by atoms with E-state index in [1.165, 1.54) is 18.3 Å². The monoisotopic (exact) mass is 731 g/mol. The van der Waals surface area contributed by atoms with Crippen LogP contribution in [0, 0.1) is 17.0 Å². The Balaban J connectivity index is 1.21. The highest BCUT2D eigenvalue weighted by Crippen LogP contribution is 2.50. The van der Waals surface area contributed by atoms with Crippen LogP contribution in [0.15, 0.2) is 30.5 Å². The predicted molar refractivity (Wildman–Crippen MR) is 199 cm³/mol. The summed E-state index contributed by atoms with van der Waals surface area (Å²) in [6, 6.07) is 6.80. The zero-order chi connectivity index (χ0) is 37.1. The van der Waals surface area contributed by atoms with E-state index in [0.29, 0.717) is 65.8 Å². The Kier molecular flexibility index (Phi) is 9.70. The van der Waals surface area contributed by atoms with Gasteiger partial charge in [-0.05, 0) is 107 Å². The second-order valence-corrected chi connectivity index (χ2v) is 16.2. The highest BCUT2D eigenvalue weighted by atomic mass is 19.1. The first kappa shape index (κ1) is 36.3. The summed E-state index contributed by atoms with van der Waals surface area (Å²) in [4.78, 5) is 18.8. The van der Waals surface area contributed by atoms with E-state index in [2.05, 4.69) is 23.7 Å². The summed E-state index contributed by atoms with van der Waals surface area (Å²) < 4.78 is 50.7. The molecule has 2 aromatic heterocycles. The summed E-state index contributed by atoms with van der Waals surface area (Å²) in [5.74, 6) is -0.824. The van der Waals surface area contributed by atoms with Crippen molar-refractivity contribution in [3.8, 4) is 23.0 Å². The van der Waals surface area contributed by atoms with Gasteiger partial charge in [0.15, 0.2) is 5.82 Å². The number of fused-ring (bicyclic) bond motifs is 3. The maximum absolute atomic E-state index is 17.1. The number of phenols is 1. The van der Waals surface area contributed by atoms with Crippen molar-refractivity contribution >= 4 is 27.5 Å². The molecule has 12 heteroatoms. The minimum Gasteiger partial charge on any atom is -0.508 e. The second kappa shape index (κ2) is 14.2. The fourth-order valence-electron chi connectivity index (χ4n) is 9.96. The number of likely N-dealkylation sites (tertiary alicyclic amines) is 1. The molecule has 4 fully saturated rings. The molecule has 4 aliphatic rings. The van der Waals surface area contributed by atoms with Crippen LogP contribution in [0.5, 0.6) is 11.8 Å². The summed E-state index contributed by atoms with van der Waals surface area (Å²) in [7, 11) is 0. The zero-order valence-electron chi connectivity index (χ0n) is 31.2. The summed E-state index contributed by atoms with van der Waals surface area (Å²) >= 11 is 0. The van der Waals surface area contributed by atoms with Gasteiger partial charge >= 0.3 is 6.01 Å². The van der Waals surface area contributed by atoms with Gasteiger partial charge in [0.25, 0.3) is 0 Å². The van der Waals surface area contributed by atoms with Gasteiger partial charge in [-0.25, -0.2) is 8.78 Å². The van der Waals surface area contributed by atoms with E-state index in [4.69, 9.17) is 24.2 Å². The number of aromatic hydroxyl groups is 1. The van der Waals surface area contributed by atoms with E-state index in [9.17, 15) is 10.2 Å². The van der Waals surface area contributed by atoms with Gasteiger partial charge in [0.2, 0.25) is 0 Å². The topological polar surface area (TPSA) is 113 Å². The molecule has 2 N–H and O–H groups in total. The molecule has 0 unspecified atom stereocenters. The average Bonchev–Trinajstić information content (AvgIpc) is 3.47. The van der Waals surface area contributed by atoms with Gasteiger partial charge in [-0.1, -0.05) is 19.4 Å². The first-order valence-corrected chi connectivity index (χ1v) is 19.3. The SMILES string of the molecule is CCc1c(F)ccc2cc(O)cc(-c3ncc4c(N5CCOC[C@@](C)(O)C5)nc(OC[C@]56CCC[C@H]5N(C5C[C@H](C)O[C@@H](C)C5)CCC6)nc4c3F)c12. The number of aromatic nitrogens is 3. The van der Waals surface area contributed by atoms with Crippen molar-refractivity contribution in [2.45, 2.75) is 109 Å². The fraction of sp³-hybridized carbons (Fsp3) is 0.585. The molecule has 5 atom stereocenters. The smallest absolute Gasteiger partial charge is 0.319 e. The number of nitrogens with zero attached hydrogens (tertiary/aromatic N) is 5. The third-order valence-electron chi connectivity index (χ3n) is 12.1. The van der Waals surface area contributed by atoms with Crippen LogP contribution in [0.4, 0.5) is 14.6 Å². The predicted octanol–water partition coefficient (Wildman–Crippen LogP) is 6.95. The minimum absolute atomic E-state index is 0.00155. The number of benzene rings is 2. The molecule has 0 radical (unpaired) electrons. The van der Waals surface area contributed by atoms with Gasteiger partial charge in [0.05, 0.1) is 44.0 Å². The summed E-state index contributed by atoms with van der Waals surface area (Å²) in [5.41, 5.74) is -0.627. The molecule has 1 aliphatic carbocycles. The van der Waals surface area contributed by atoms with Crippen molar-refractivity contribution in [2.24, 2.45) is 5.41 Å². The Morgan fingerprint density at radius 3 is 2.64 bits per heavy atom. The summed E-state index contributed by atoms with van der Waals surface area (Å²) in [5, 5.41) is 23.2. The molecule has 53 heavy (non-hydrogen) atoms. The van der Waals surface area contributed by atoms with Crippen LogP contribution in [0.2, 0.25) is 0 Å². The van der Waals surface area contributed by atoms with E-state index in [1.54, 1.807) is 19.1 Å². The molecule has 3 aliphatic heterocycles. The van der Waals surface area contributed by atoms with Gasteiger partial charge in [0.1, 0.15) is 34.2 Å². The number of aliphatic hydroxyl groups is 1. The molecule has 0 bridgehead atoms. The largest absolute Gasteiger partial charge is 0.508 e. The van der Waals surface area contributed by atoms with Crippen LogP contribution < -0.4 is 9.64 Å². The Hall–Kier alpha value is -3.71. The lowest BCUT2D eigenvalue weighted by molar-refractivity contribution is -0.0967. The molecule has 5 heterocycles. The van der Waals surface area contributed by atoms with Crippen molar-refractivity contribution in [3.05, 3.63) is 47.7 Å². The Labute approximate surface area is 309 Å². The second-order valence-electron chi connectivity index (χ2n) is 16.2. The molecule has 8 rings (SSSR count). The normalized spacial score (nSPS) is 29.8. The third kappa shape index (κ3) is 6.81. The van der Waals surface area contributed by atoms with E-state index in [0.717, 1.165) is 51.5 Å². The van der Waals surface area contributed by atoms with Crippen molar-refractivity contribution in [1.29, 1.82) is 0 Å². The van der Waals surface area contributed by atoms with Crippen LogP contribution in [-0.4, -0.2) is 99.4 Å². The van der Waals surface area contributed by atoms with Crippen LogP contribution in [0.3, 0.4) is 0 Å². The Morgan fingerprint density at radius 2 is 1.85 bits per heavy atom. The number of β-amino-alcohol motifs (C(OH)–C–C–N with tert-alkyl or cyclic N) is 1. The maximum atomic E-state index is 17.1. The highest BCUT2D eigenvalue weighted by Gasteiger charge is 2.50. The number of hydrogen-bond acceptors (Lipinski definition) is 10. The first-order chi connectivity index (χ1) is 25.4. The van der Waals surface area contributed by atoms with Crippen LogP contribution in [-0.2, 0) is 15.9 Å². The fourth-order valence-corrected chi connectivity index (χ4v) is 9.96. The number of aryl methyl sites for hydroxylation is 1. The first-order valence-electron chi connectivity index (χ1n) is 19.3. The molecule has 2 aromatic carbocycles. The van der Waals surface area contributed by atoms with Crippen molar-refractivity contribution in [1.82, 2.24) is 19.9 Å². The number of piperidine rings is 1. The van der Waals surface area contributed by atoms with E-state index < -0.39 is 17.2 Å². The van der Waals surface area contributed by atoms with Gasteiger partial charge in [0, 0.05) is 35.8 Å². The van der Waals surface area contributed by atoms with Crippen molar-refractivity contribution in [3.63, 3.8) is 0 Å². The standard InChI is InChI=1S/C41H51F2N5O5/c1-5-29-32(42)10-9-26-18-28(49)19-30(34(26)29)36-35(43)37-31(20-44-36)38(47-14-15-51-22-40(4,50)21-47)46-39(45-37)52-23-41-11-6-8-33(41)48(13-7-12-41)27-16-24(2)53-25(3)17-27/h9-10,18-20,24-25,27,33,49-50H,5-8,11-17,21-23H2,1-4H3/t24-,25-,33+,40-,41+/m0/s1. The third-order valence-corrected chi connectivity index (χ3v) is 12.1. The van der Waals surface area contributed by atoms with Crippen LogP contribution >= 0.6 is 0 Å². The van der Waals surface area contributed by atoms with Gasteiger partial charge in [-0.2, -0.15) is 9.97 Å². The number of pyridine rings is 1. The van der Waals surface area contributed by atoms with Crippen molar-refractivity contribution < 1.29 is 33.2 Å². The molecule has 0 spiro atoms. The number of phenolic OH excluding ortho intramolecular Hbond substituents is 1. The molecule has 10 nitrogen and oxygen atoms in total. The van der Waals surface area contributed by atoms with E-state index in [1.807, 2.05) is 11.8 Å². The number of anilines is 1. The zero-order valence-corrected chi connectivity index (χ0v) is 31.2. The van der Waals surface area contributed by atoms with E-state index in [-0.39, 0.29) is 59.3 Å². The lowest BCUT2D eigenvalue weighted by Crippen LogP contribution is -2.57. The summed E-state index contributed by atoms with van der Waals surface area (Å²) in [6.07, 6.45) is 9.78. The van der Waals surface area contributed by atoms with Crippen LogP contribution in [0.25, 0.3) is 32.9 Å². The minimum atomic E-state index is -1.18. The molecule has 3 saturated heterocycles. The van der Waals surface area contributed by atoms with Gasteiger partial charge < -0.3 is 29.3 Å². The molecule has 284 valence electrons. The Bertz CT molecular complexity index is 2000. The number of hydrogen-bond donors (Lipinski definition) is 2. The molecular formula is C41H51F2N5O5. The highest BCUT2D eigenvalue weighted by molar-refractivity contribution is 6.01.